The van der Waals surface area contributed by atoms with Crippen molar-refractivity contribution in [2.24, 2.45) is 0 Å². The van der Waals surface area contributed by atoms with Gasteiger partial charge < -0.3 is 10.2 Å². The Hall–Kier alpha value is -3.07. The number of nitrogens with zero attached hydrogens (tertiary/aromatic N) is 2. The average Bonchev–Trinajstić information content (AvgIpc) is 3.45. The number of carbonyl (C=O) groups excluding carboxylic acids is 2. The smallest absolute Gasteiger partial charge is 0.264 e. The van der Waals surface area contributed by atoms with Crippen molar-refractivity contribution in [3.63, 3.8) is 0 Å². The largest absolute Gasteiger partial charge is 0.352 e. The van der Waals surface area contributed by atoms with Crippen LogP contribution in [0.3, 0.4) is 0 Å². The van der Waals surface area contributed by atoms with E-state index in [1.807, 2.05) is 0 Å². The van der Waals surface area contributed by atoms with E-state index in [-0.39, 0.29) is 29.1 Å². The Morgan fingerprint density at radius 2 is 1.62 bits per heavy atom. The second-order valence-corrected chi connectivity index (χ2v) is 12.7. The first-order chi connectivity index (χ1) is 19.1. The van der Waals surface area contributed by atoms with Crippen molar-refractivity contribution in [2.75, 3.05) is 10.8 Å². The number of sulfonamides is 1. The maximum atomic E-state index is 14.1. The SMILES string of the molecule is Cc1ccc(Cl)cc1N(CC(=O)N(Cc1ccccc1Cl)[C@H](C)C(=O)NC1CCCC1)S(=O)(=O)c1ccccc1. The molecule has 1 aliphatic rings. The van der Waals surface area contributed by atoms with Crippen LogP contribution < -0.4 is 9.62 Å². The van der Waals surface area contributed by atoms with Gasteiger partial charge in [0.2, 0.25) is 11.8 Å². The molecule has 0 aromatic heterocycles. The van der Waals surface area contributed by atoms with Gasteiger partial charge in [-0.05, 0) is 68.1 Å². The summed E-state index contributed by atoms with van der Waals surface area (Å²) >= 11 is 12.7. The van der Waals surface area contributed by atoms with Gasteiger partial charge in [0, 0.05) is 22.6 Å². The van der Waals surface area contributed by atoms with Crippen LogP contribution in [0.5, 0.6) is 0 Å². The number of nitrogens with one attached hydrogen (secondary N) is 1. The Bertz CT molecular complexity index is 1460. The van der Waals surface area contributed by atoms with E-state index < -0.39 is 28.5 Å². The summed E-state index contributed by atoms with van der Waals surface area (Å²) in [6, 6.07) is 19.1. The molecule has 1 N–H and O–H groups in total. The number of hydrogen-bond acceptors (Lipinski definition) is 4. The number of halogens is 2. The molecule has 0 aliphatic heterocycles. The van der Waals surface area contributed by atoms with Crippen molar-refractivity contribution >= 4 is 50.7 Å². The summed E-state index contributed by atoms with van der Waals surface area (Å²) in [7, 11) is -4.17. The van der Waals surface area contributed by atoms with E-state index in [9.17, 15) is 18.0 Å². The lowest BCUT2D eigenvalue weighted by Gasteiger charge is -2.33. The van der Waals surface area contributed by atoms with E-state index in [1.54, 1.807) is 68.4 Å². The summed E-state index contributed by atoms with van der Waals surface area (Å²) in [6.07, 6.45) is 3.89. The highest BCUT2D eigenvalue weighted by atomic mass is 35.5. The van der Waals surface area contributed by atoms with Gasteiger partial charge in [0.05, 0.1) is 10.6 Å². The minimum atomic E-state index is -4.17. The molecule has 7 nitrogen and oxygen atoms in total. The van der Waals surface area contributed by atoms with E-state index >= 15 is 0 Å². The first-order valence-electron chi connectivity index (χ1n) is 13.2. The van der Waals surface area contributed by atoms with Crippen molar-refractivity contribution in [1.29, 1.82) is 0 Å². The van der Waals surface area contributed by atoms with Crippen LogP contribution in [0.2, 0.25) is 10.0 Å². The highest BCUT2D eigenvalue weighted by Crippen LogP contribution is 2.30. The van der Waals surface area contributed by atoms with Crippen LogP contribution in [0.4, 0.5) is 5.69 Å². The van der Waals surface area contributed by atoms with Gasteiger partial charge >= 0.3 is 0 Å². The van der Waals surface area contributed by atoms with Crippen molar-refractivity contribution in [3.8, 4) is 0 Å². The van der Waals surface area contributed by atoms with E-state index in [0.29, 0.717) is 21.2 Å². The van der Waals surface area contributed by atoms with Gasteiger partial charge in [-0.15, -0.1) is 0 Å². The van der Waals surface area contributed by atoms with Crippen LogP contribution >= 0.6 is 23.2 Å². The van der Waals surface area contributed by atoms with Crippen LogP contribution in [-0.2, 0) is 26.2 Å². The minimum Gasteiger partial charge on any atom is -0.352 e. The molecule has 1 saturated carbocycles. The zero-order valence-corrected chi connectivity index (χ0v) is 24.8. The van der Waals surface area contributed by atoms with Gasteiger partial charge in [0.25, 0.3) is 10.0 Å². The highest BCUT2D eigenvalue weighted by molar-refractivity contribution is 7.92. The van der Waals surface area contributed by atoms with Crippen LogP contribution in [-0.4, -0.2) is 43.8 Å². The average molecular weight is 603 g/mol. The Morgan fingerprint density at radius 1 is 0.975 bits per heavy atom. The van der Waals surface area contributed by atoms with E-state index in [2.05, 4.69) is 5.32 Å². The molecule has 2 amide bonds. The summed E-state index contributed by atoms with van der Waals surface area (Å²) in [4.78, 5) is 28.8. The second-order valence-electron chi connectivity index (χ2n) is 10.0. The number of benzene rings is 3. The van der Waals surface area contributed by atoms with Gasteiger partial charge in [0.1, 0.15) is 12.6 Å². The van der Waals surface area contributed by atoms with Gasteiger partial charge in [0.15, 0.2) is 0 Å². The molecule has 40 heavy (non-hydrogen) atoms. The van der Waals surface area contributed by atoms with Crippen molar-refractivity contribution in [1.82, 2.24) is 10.2 Å². The van der Waals surface area contributed by atoms with Crippen LogP contribution in [0.15, 0.2) is 77.7 Å². The molecule has 0 spiro atoms. The van der Waals surface area contributed by atoms with Gasteiger partial charge in [-0.3, -0.25) is 13.9 Å². The maximum absolute atomic E-state index is 14.1. The Labute approximate surface area is 246 Å². The Morgan fingerprint density at radius 3 is 2.30 bits per heavy atom. The summed E-state index contributed by atoms with van der Waals surface area (Å²) in [5.41, 5.74) is 1.56. The molecule has 0 heterocycles. The third-order valence-corrected chi connectivity index (χ3v) is 9.60. The summed E-state index contributed by atoms with van der Waals surface area (Å²) in [5, 5.41) is 3.84. The fraction of sp³-hybridized carbons (Fsp3) is 0.333. The number of rotatable bonds is 10. The number of anilines is 1. The minimum absolute atomic E-state index is 0.0332. The number of amides is 2. The molecule has 1 atom stereocenters. The molecule has 0 unspecified atom stereocenters. The van der Waals surface area contributed by atoms with Crippen LogP contribution in [0.1, 0.15) is 43.7 Å². The molecule has 212 valence electrons. The highest BCUT2D eigenvalue weighted by Gasteiger charge is 2.34. The zero-order chi connectivity index (χ0) is 28.9. The number of hydrogen-bond donors (Lipinski definition) is 1. The van der Waals surface area contributed by atoms with Crippen molar-refractivity contribution in [2.45, 2.75) is 63.1 Å². The number of carbonyl (C=O) groups is 2. The van der Waals surface area contributed by atoms with Gasteiger partial charge in [-0.25, -0.2) is 8.42 Å². The zero-order valence-electron chi connectivity index (χ0n) is 22.5. The first kappa shape index (κ1) is 29.9. The second kappa shape index (κ2) is 13.1. The molecule has 3 aromatic rings. The molecular formula is C30H33Cl2N3O4S. The summed E-state index contributed by atoms with van der Waals surface area (Å²) < 4.78 is 28.9. The first-order valence-corrected chi connectivity index (χ1v) is 15.4. The molecule has 0 radical (unpaired) electrons. The molecule has 3 aromatic carbocycles. The van der Waals surface area contributed by atoms with Gasteiger partial charge in [-0.2, -0.15) is 0 Å². The van der Waals surface area contributed by atoms with Crippen LogP contribution in [0.25, 0.3) is 0 Å². The standard InChI is InChI=1S/C30H33Cl2N3O4S/c1-21-16-17-24(31)18-28(21)35(40(38,39)26-13-4-3-5-14-26)20-29(36)34(19-23-10-6-9-15-27(23)32)22(2)30(37)33-25-11-7-8-12-25/h3-6,9-10,13-18,22,25H,7-8,11-12,19-20H2,1-2H3,(H,33,37)/t22-/m1/s1. The summed E-state index contributed by atoms with van der Waals surface area (Å²) in [5.74, 6) is -0.837. The fourth-order valence-corrected chi connectivity index (χ4v) is 6.72. The topological polar surface area (TPSA) is 86.8 Å². The van der Waals surface area contributed by atoms with E-state index in [0.717, 1.165) is 30.0 Å². The third-order valence-electron chi connectivity index (χ3n) is 7.22. The molecule has 1 aliphatic carbocycles. The van der Waals surface area contributed by atoms with Crippen molar-refractivity contribution in [3.05, 3.63) is 94.0 Å². The lowest BCUT2D eigenvalue weighted by Crippen LogP contribution is -2.52. The van der Waals surface area contributed by atoms with Crippen molar-refractivity contribution < 1.29 is 18.0 Å². The number of aryl methyl sites for hydroxylation is 1. The Kier molecular flexibility index (Phi) is 9.77. The predicted molar refractivity (Wildman–Crippen MR) is 159 cm³/mol. The predicted octanol–water partition coefficient (Wildman–Crippen LogP) is 5.97. The molecule has 1 fully saturated rings. The molecule has 10 heteroatoms. The van der Waals surface area contributed by atoms with Gasteiger partial charge in [-0.1, -0.05) is 78.5 Å². The fourth-order valence-electron chi connectivity index (χ4n) is 4.87. The maximum Gasteiger partial charge on any atom is 0.264 e. The van der Waals surface area contributed by atoms with E-state index in [4.69, 9.17) is 23.2 Å². The van der Waals surface area contributed by atoms with E-state index in [1.165, 1.54) is 23.1 Å². The molecule has 0 saturated heterocycles. The van der Waals surface area contributed by atoms with Crippen LogP contribution in [0, 0.1) is 6.92 Å². The summed E-state index contributed by atoms with van der Waals surface area (Å²) in [6.45, 7) is 2.90. The molecule has 4 rings (SSSR count). The third kappa shape index (κ3) is 6.97. The lowest BCUT2D eigenvalue weighted by molar-refractivity contribution is -0.139. The molecule has 0 bridgehead atoms. The lowest BCUT2D eigenvalue weighted by atomic mass is 10.1. The molecular weight excluding hydrogens is 569 g/mol. The normalized spacial score (nSPS) is 14.5. The quantitative estimate of drug-likeness (QED) is 0.310. The Balaban J connectivity index is 1.72. The monoisotopic (exact) mass is 601 g/mol.